The average molecular weight is 394 g/mol. The van der Waals surface area contributed by atoms with Crippen LogP contribution in [0, 0.1) is 0 Å². The molecule has 0 saturated heterocycles. The van der Waals surface area contributed by atoms with Crippen LogP contribution in [0.2, 0.25) is 5.02 Å². The summed E-state index contributed by atoms with van der Waals surface area (Å²) in [6.45, 7) is 2.41. The Morgan fingerprint density at radius 3 is 2.77 bits per heavy atom. The molecule has 0 aliphatic carbocycles. The molecule has 138 valence electrons. The number of fused-ring (bicyclic) bond motifs is 1. The van der Waals surface area contributed by atoms with Crippen molar-refractivity contribution >= 4 is 33.2 Å². The standard InChI is InChI=1S/C18H20ClN3O3S/c1-12(23)22-17-7-6-14(10-16(17)19)26(24,25)21-11-18-15-5-3-2-4-13(15)8-9-20-18/h2-7,10,18,20-21H,8-9,11H2,1H3,(H,22,23). The van der Waals surface area contributed by atoms with Gasteiger partial charge in [0.2, 0.25) is 15.9 Å². The van der Waals surface area contributed by atoms with E-state index in [0.717, 1.165) is 18.5 Å². The third kappa shape index (κ3) is 4.24. The molecule has 1 amide bonds. The zero-order valence-corrected chi connectivity index (χ0v) is 15.8. The second-order valence-corrected chi connectivity index (χ2v) is 8.30. The van der Waals surface area contributed by atoms with Crippen molar-refractivity contribution in [2.24, 2.45) is 0 Å². The Morgan fingerprint density at radius 2 is 2.04 bits per heavy atom. The zero-order valence-electron chi connectivity index (χ0n) is 14.3. The van der Waals surface area contributed by atoms with Crippen LogP contribution in [0.1, 0.15) is 24.1 Å². The number of sulfonamides is 1. The lowest BCUT2D eigenvalue weighted by Crippen LogP contribution is -2.38. The van der Waals surface area contributed by atoms with Gasteiger partial charge in [-0.15, -0.1) is 0 Å². The van der Waals surface area contributed by atoms with E-state index in [4.69, 9.17) is 11.6 Å². The van der Waals surface area contributed by atoms with Crippen LogP contribution in [0.5, 0.6) is 0 Å². The van der Waals surface area contributed by atoms with E-state index in [1.165, 1.54) is 30.7 Å². The van der Waals surface area contributed by atoms with E-state index >= 15 is 0 Å². The number of nitrogens with one attached hydrogen (secondary N) is 3. The van der Waals surface area contributed by atoms with E-state index in [0.29, 0.717) is 5.69 Å². The topological polar surface area (TPSA) is 87.3 Å². The van der Waals surface area contributed by atoms with Crippen LogP contribution in [-0.2, 0) is 21.2 Å². The first kappa shape index (κ1) is 18.8. The van der Waals surface area contributed by atoms with Crippen LogP contribution < -0.4 is 15.4 Å². The number of anilines is 1. The lowest BCUT2D eigenvalue weighted by molar-refractivity contribution is -0.114. The molecule has 0 radical (unpaired) electrons. The summed E-state index contributed by atoms with van der Waals surface area (Å²) in [6.07, 6.45) is 0.930. The number of halogens is 1. The van der Waals surface area contributed by atoms with Gasteiger partial charge in [0.05, 0.1) is 15.6 Å². The van der Waals surface area contributed by atoms with Crippen LogP contribution in [-0.4, -0.2) is 27.4 Å². The van der Waals surface area contributed by atoms with Crippen molar-refractivity contribution in [2.45, 2.75) is 24.3 Å². The van der Waals surface area contributed by atoms with Crippen LogP contribution in [0.3, 0.4) is 0 Å². The summed E-state index contributed by atoms with van der Waals surface area (Å²) in [6, 6.07) is 12.2. The predicted molar refractivity (Wildman–Crippen MR) is 102 cm³/mol. The highest BCUT2D eigenvalue weighted by Crippen LogP contribution is 2.26. The highest BCUT2D eigenvalue weighted by Gasteiger charge is 2.22. The number of benzene rings is 2. The Morgan fingerprint density at radius 1 is 1.27 bits per heavy atom. The molecule has 1 aliphatic heterocycles. The van der Waals surface area contributed by atoms with Gasteiger partial charge in [-0.25, -0.2) is 13.1 Å². The zero-order chi connectivity index (χ0) is 18.7. The number of amides is 1. The molecule has 2 aromatic carbocycles. The fraction of sp³-hybridized carbons (Fsp3) is 0.278. The Kier molecular flexibility index (Phi) is 5.62. The fourth-order valence-corrected chi connectivity index (χ4v) is 4.37. The van der Waals surface area contributed by atoms with Crippen molar-refractivity contribution in [2.75, 3.05) is 18.4 Å². The van der Waals surface area contributed by atoms with Gasteiger partial charge in [-0.2, -0.15) is 0 Å². The van der Waals surface area contributed by atoms with E-state index in [9.17, 15) is 13.2 Å². The number of hydrogen-bond acceptors (Lipinski definition) is 4. The van der Waals surface area contributed by atoms with E-state index in [1.807, 2.05) is 18.2 Å². The summed E-state index contributed by atoms with van der Waals surface area (Å²) < 4.78 is 27.8. The third-order valence-corrected chi connectivity index (χ3v) is 5.99. The van der Waals surface area contributed by atoms with Crippen LogP contribution >= 0.6 is 11.6 Å². The molecular formula is C18H20ClN3O3S. The van der Waals surface area contributed by atoms with Gasteiger partial charge in [-0.05, 0) is 42.3 Å². The maximum Gasteiger partial charge on any atom is 0.240 e. The molecular weight excluding hydrogens is 374 g/mol. The molecule has 1 aliphatic rings. The maximum atomic E-state index is 12.6. The molecule has 0 aromatic heterocycles. The van der Waals surface area contributed by atoms with Gasteiger partial charge in [0.15, 0.2) is 0 Å². The molecule has 8 heteroatoms. The summed E-state index contributed by atoms with van der Waals surface area (Å²) in [7, 11) is -3.72. The van der Waals surface area contributed by atoms with Crippen molar-refractivity contribution in [1.82, 2.24) is 10.0 Å². The molecule has 1 heterocycles. The SMILES string of the molecule is CC(=O)Nc1ccc(S(=O)(=O)NCC2NCCc3ccccc32)cc1Cl. The molecule has 1 unspecified atom stereocenters. The van der Waals surface area contributed by atoms with Gasteiger partial charge >= 0.3 is 0 Å². The number of hydrogen-bond donors (Lipinski definition) is 3. The molecule has 0 saturated carbocycles. The second-order valence-electron chi connectivity index (χ2n) is 6.13. The van der Waals surface area contributed by atoms with Gasteiger partial charge in [0, 0.05) is 19.5 Å². The minimum atomic E-state index is -3.72. The van der Waals surface area contributed by atoms with Crippen LogP contribution in [0.25, 0.3) is 0 Å². The Bertz CT molecular complexity index is 931. The normalized spacial score (nSPS) is 16.8. The minimum absolute atomic E-state index is 0.0562. The van der Waals surface area contributed by atoms with Gasteiger partial charge < -0.3 is 10.6 Å². The van der Waals surface area contributed by atoms with Crippen molar-refractivity contribution in [3.63, 3.8) is 0 Å². The molecule has 26 heavy (non-hydrogen) atoms. The van der Waals surface area contributed by atoms with Gasteiger partial charge in [-0.3, -0.25) is 4.79 Å². The minimum Gasteiger partial charge on any atom is -0.325 e. The molecule has 3 rings (SSSR count). The van der Waals surface area contributed by atoms with Crippen molar-refractivity contribution < 1.29 is 13.2 Å². The van der Waals surface area contributed by atoms with Gasteiger partial charge in [-0.1, -0.05) is 35.9 Å². The Hall–Kier alpha value is -1.93. The summed E-state index contributed by atoms with van der Waals surface area (Å²) in [4.78, 5) is 11.2. The van der Waals surface area contributed by atoms with Crippen LogP contribution in [0.4, 0.5) is 5.69 Å². The number of carbonyl (C=O) groups excluding carboxylic acids is 1. The van der Waals surface area contributed by atoms with Crippen molar-refractivity contribution in [1.29, 1.82) is 0 Å². The van der Waals surface area contributed by atoms with Gasteiger partial charge in [0.1, 0.15) is 0 Å². The van der Waals surface area contributed by atoms with E-state index in [-0.39, 0.29) is 28.4 Å². The molecule has 1 atom stereocenters. The Balaban J connectivity index is 1.74. The average Bonchev–Trinajstić information content (AvgIpc) is 2.61. The van der Waals surface area contributed by atoms with Crippen LogP contribution in [0.15, 0.2) is 47.4 Å². The quantitative estimate of drug-likeness (QED) is 0.728. The molecule has 6 nitrogen and oxygen atoms in total. The lowest BCUT2D eigenvalue weighted by Gasteiger charge is -2.27. The molecule has 0 fully saturated rings. The first-order valence-electron chi connectivity index (χ1n) is 8.25. The van der Waals surface area contributed by atoms with Crippen molar-refractivity contribution in [3.05, 3.63) is 58.6 Å². The fourth-order valence-electron chi connectivity index (χ4n) is 3.01. The molecule has 3 N–H and O–H groups in total. The lowest BCUT2D eigenvalue weighted by atomic mass is 9.95. The first-order valence-corrected chi connectivity index (χ1v) is 10.1. The van der Waals surface area contributed by atoms with E-state index in [2.05, 4.69) is 21.4 Å². The largest absolute Gasteiger partial charge is 0.325 e. The maximum absolute atomic E-state index is 12.6. The summed E-state index contributed by atoms with van der Waals surface area (Å²) in [5.41, 5.74) is 2.72. The molecule has 0 spiro atoms. The summed E-state index contributed by atoms with van der Waals surface area (Å²) in [5, 5.41) is 6.06. The molecule has 2 aromatic rings. The smallest absolute Gasteiger partial charge is 0.240 e. The van der Waals surface area contributed by atoms with Gasteiger partial charge in [0.25, 0.3) is 0 Å². The monoisotopic (exact) mass is 393 g/mol. The summed E-state index contributed by atoms with van der Waals surface area (Å²) in [5.74, 6) is -0.275. The second kappa shape index (κ2) is 7.75. The predicted octanol–water partition coefficient (Wildman–Crippen LogP) is 2.46. The number of rotatable bonds is 5. The highest BCUT2D eigenvalue weighted by atomic mass is 35.5. The Labute approximate surface area is 158 Å². The molecule has 0 bridgehead atoms. The van der Waals surface area contributed by atoms with Crippen molar-refractivity contribution in [3.8, 4) is 0 Å². The number of carbonyl (C=O) groups is 1. The first-order chi connectivity index (χ1) is 12.4. The van der Waals surface area contributed by atoms with E-state index < -0.39 is 10.0 Å². The third-order valence-electron chi connectivity index (χ3n) is 4.25. The highest BCUT2D eigenvalue weighted by molar-refractivity contribution is 7.89. The summed E-state index contributed by atoms with van der Waals surface area (Å²) >= 11 is 6.08. The van der Waals surface area contributed by atoms with E-state index in [1.54, 1.807) is 0 Å².